The van der Waals surface area contributed by atoms with Gasteiger partial charge in [-0.15, -0.1) is 0 Å². The van der Waals surface area contributed by atoms with E-state index in [0.29, 0.717) is 18.1 Å². The van der Waals surface area contributed by atoms with Gasteiger partial charge in [-0.3, -0.25) is 4.79 Å². The van der Waals surface area contributed by atoms with Crippen molar-refractivity contribution in [1.82, 2.24) is 19.7 Å². The molecule has 0 aliphatic rings. The van der Waals surface area contributed by atoms with E-state index in [9.17, 15) is 4.79 Å². The molecule has 1 atom stereocenters. The average molecular weight is 406 g/mol. The Hall–Kier alpha value is -3.61. The third-order valence-electron chi connectivity index (χ3n) is 4.89. The zero-order chi connectivity index (χ0) is 21.5. The fourth-order valence-electron chi connectivity index (χ4n) is 3.01. The summed E-state index contributed by atoms with van der Waals surface area (Å²) in [6.45, 7) is 4.45. The largest absolute Gasteiger partial charge is 0.493 e. The molecule has 0 spiro atoms. The third kappa shape index (κ3) is 4.86. The van der Waals surface area contributed by atoms with E-state index in [1.807, 2.05) is 56.3 Å². The van der Waals surface area contributed by atoms with E-state index in [2.05, 4.69) is 10.1 Å². The molecular weight excluding hydrogens is 380 g/mol. The lowest BCUT2D eigenvalue weighted by Crippen LogP contribution is -2.27. The van der Waals surface area contributed by atoms with Gasteiger partial charge in [0, 0.05) is 13.1 Å². The van der Waals surface area contributed by atoms with Crippen LogP contribution >= 0.6 is 0 Å². The second-order valence-corrected chi connectivity index (χ2v) is 6.73. The van der Waals surface area contributed by atoms with E-state index in [-0.39, 0.29) is 11.9 Å². The number of rotatable bonds is 8. The molecule has 0 saturated heterocycles. The molecule has 0 saturated carbocycles. The van der Waals surface area contributed by atoms with Crippen LogP contribution in [0.3, 0.4) is 0 Å². The molecule has 2 aromatic carbocycles. The Kier molecular flexibility index (Phi) is 6.85. The van der Waals surface area contributed by atoms with E-state index in [1.165, 1.54) is 6.33 Å². The highest BCUT2D eigenvalue weighted by atomic mass is 16.5. The Morgan fingerprint density at radius 1 is 1.20 bits per heavy atom. The average Bonchev–Trinajstić information content (AvgIpc) is 3.32. The lowest BCUT2D eigenvalue weighted by Gasteiger charge is -2.24. The van der Waals surface area contributed by atoms with Gasteiger partial charge in [0.2, 0.25) is 5.91 Å². The van der Waals surface area contributed by atoms with Gasteiger partial charge in [-0.05, 0) is 55.3 Å². The van der Waals surface area contributed by atoms with Crippen LogP contribution in [0.2, 0.25) is 0 Å². The summed E-state index contributed by atoms with van der Waals surface area (Å²) in [7, 11) is 3.40. The Morgan fingerprint density at radius 2 is 1.97 bits per heavy atom. The van der Waals surface area contributed by atoms with Gasteiger partial charge in [-0.2, -0.15) is 5.10 Å². The molecule has 3 aromatic rings. The number of amides is 1. The first-order valence-corrected chi connectivity index (χ1v) is 9.74. The van der Waals surface area contributed by atoms with Crippen LogP contribution in [0.1, 0.15) is 31.0 Å². The van der Waals surface area contributed by atoms with Crippen LogP contribution in [-0.4, -0.2) is 46.3 Å². The van der Waals surface area contributed by atoms with E-state index < -0.39 is 0 Å². The second-order valence-electron chi connectivity index (χ2n) is 6.73. The van der Waals surface area contributed by atoms with Crippen LogP contribution < -0.4 is 9.47 Å². The first-order valence-electron chi connectivity index (χ1n) is 9.74. The van der Waals surface area contributed by atoms with Crippen molar-refractivity contribution in [2.45, 2.75) is 19.9 Å². The minimum absolute atomic E-state index is 0.0817. The molecule has 7 heteroatoms. The van der Waals surface area contributed by atoms with E-state index in [1.54, 1.807) is 42.2 Å². The summed E-state index contributed by atoms with van der Waals surface area (Å²) in [5.41, 5.74) is 2.82. The van der Waals surface area contributed by atoms with Crippen molar-refractivity contribution in [3.8, 4) is 17.2 Å². The quantitative estimate of drug-likeness (QED) is 0.531. The third-order valence-corrected chi connectivity index (χ3v) is 4.89. The lowest BCUT2D eigenvalue weighted by atomic mass is 10.1. The fraction of sp³-hybridized carbons (Fsp3) is 0.261. The molecule has 1 aromatic heterocycles. The summed E-state index contributed by atoms with van der Waals surface area (Å²) < 4.78 is 12.6. The molecular formula is C23H26N4O3. The molecule has 0 N–H and O–H groups in total. The number of nitrogens with zero attached hydrogens (tertiary/aromatic N) is 4. The summed E-state index contributed by atoms with van der Waals surface area (Å²) in [5, 5.41) is 4.12. The van der Waals surface area contributed by atoms with Gasteiger partial charge in [0.25, 0.3) is 0 Å². The highest BCUT2D eigenvalue weighted by molar-refractivity contribution is 5.92. The number of hydrogen-bond donors (Lipinski definition) is 0. The molecule has 0 radical (unpaired) electrons. The first-order chi connectivity index (χ1) is 14.5. The molecule has 0 bridgehead atoms. The molecule has 3 rings (SSSR count). The topological polar surface area (TPSA) is 69.5 Å². The summed E-state index contributed by atoms with van der Waals surface area (Å²) >= 11 is 0. The number of likely N-dealkylation sites (N-methyl/N-ethyl adjacent to an activating group) is 1. The van der Waals surface area contributed by atoms with Crippen LogP contribution in [0.15, 0.2) is 61.2 Å². The Balaban J connectivity index is 1.68. The van der Waals surface area contributed by atoms with Gasteiger partial charge in [-0.1, -0.05) is 18.2 Å². The van der Waals surface area contributed by atoms with Crippen molar-refractivity contribution >= 4 is 12.0 Å². The predicted octanol–water partition coefficient (Wildman–Crippen LogP) is 3.91. The van der Waals surface area contributed by atoms with Crippen molar-refractivity contribution in [2.75, 3.05) is 20.8 Å². The van der Waals surface area contributed by atoms with Crippen LogP contribution in [0.5, 0.6) is 11.5 Å². The zero-order valence-electron chi connectivity index (χ0n) is 17.6. The van der Waals surface area contributed by atoms with E-state index >= 15 is 0 Å². The maximum absolute atomic E-state index is 12.7. The molecule has 0 aliphatic heterocycles. The van der Waals surface area contributed by atoms with Crippen molar-refractivity contribution in [3.05, 3.63) is 72.3 Å². The van der Waals surface area contributed by atoms with Crippen molar-refractivity contribution < 1.29 is 14.3 Å². The Morgan fingerprint density at radius 3 is 2.60 bits per heavy atom. The SMILES string of the molecule is CCOc1cc(C=CC(=O)N(C)C(C)c2ccc(-n3cncn3)cc2)ccc1OC. The number of benzene rings is 2. The van der Waals surface area contributed by atoms with Crippen LogP contribution in [0.25, 0.3) is 11.8 Å². The number of carbonyl (C=O) groups is 1. The number of hydrogen-bond acceptors (Lipinski definition) is 5. The Labute approximate surface area is 176 Å². The highest BCUT2D eigenvalue weighted by Crippen LogP contribution is 2.28. The number of ether oxygens (including phenoxy) is 2. The standard InChI is InChI=1S/C23H26N4O3/c1-5-30-22-14-18(6-12-21(22)29-4)7-13-23(28)26(3)17(2)19-8-10-20(11-9-19)27-16-24-15-25-27/h6-17H,5H2,1-4H3. The van der Waals surface area contributed by atoms with E-state index in [4.69, 9.17) is 9.47 Å². The van der Waals surface area contributed by atoms with Gasteiger partial charge < -0.3 is 14.4 Å². The smallest absolute Gasteiger partial charge is 0.246 e. The summed E-state index contributed by atoms with van der Waals surface area (Å²) in [4.78, 5) is 18.3. The highest BCUT2D eigenvalue weighted by Gasteiger charge is 2.15. The van der Waals surface area contributed by atoms with E-state index in [0.717, 1.165) is 16.8 Å². The number of methoxy groups -OCH3 is 1. The summed E-state index contributed by atoms with van der Waals surface area (Å²) in [6, 6.07) is 13.4. The molecule has 7 nitrogen and oxygen atoms in total. The Bertz CT molecular complexity index is 998. The predicted molar refractivity (Wildman–Crippen MR) is 116 cm³/mol. The summed E-state index contributed by atoms with van der Waals surface area (Å²) in [5.74, 6) is 1.24. The minimum Gasteiger partial charge on any atom is -0.493 e. The van der Waals surface area contributed by atoms with Gasteiger partial charge in [0.05, 0.1) is 25.4 Å². The van der Waals surface area contributed by atoms with Gasteiger partial charge >= 0.3 is 0 Å². The zero-order valence-corrected chi connectivity index (χ0v) is 17.6. The monoisotopic (exact) mass is 406 g/mol. The van der Waals surface area contributed by atoms with Gasteiger partial charge in [-0.25, -0.2) is 9.67 Å². The van der Waals surface area contributed by atoms with Crippen LogP contribution in [-0.2, 0) is 4.79 Å². The van der Waals surface area contributed by atoms with Crippen molar-refractivity contribution in [1.29, 1.82) is 0 Å². The fourth-order valence-corrected chi connectivity index (χ4v) is 3.01. The normalized spacial score (nSPS) is 12.0. The molecule has 0 fully saturated rings. The molecule has 0 aliphatic carbocycles. The first kappa shape index (κ1) is 21.1. The second kappa shape index (κ2) is 9.73. The maximum Gasteiger partial charge on any atom is 0.246 e. The van der Waals surface area contributed by atoms with Crippen LogP contribution in [0.4, 0.5) is 0 Å². The number of aromatic nitrogens is 3. The molecule has 1 heterocycles. The minimum atomic E-state index is -0.0865. The van der Waals surface area contributed by atoms with Crippen LogP contribution in [0, 0.1) is 0 Å². The molecule has 156 valence electrons. The van der Waals surface area contributed by atoms with Crippen molar-refractivity contribution in [3.63, 3.8) is 0 Å². The summed E-state index contributed by atoms with van der Waals surface area (Å²) in [6.07, 6.45) is 6.49. The molecule has 30 heavy (non-hydrogen) atoms. The maximum atomic E-state index is 12.7. The van der Waals surface area contributed by atoms with Gasteiger partial charge in [0.15, 0.2) is 11.5 Å². The molecule has 1 unspecified atom stereocenters. The lowest BCUT2D eigenvalue weighted by molar-refractivity contribution is -0.126. The number of carbonyl (C=O) groups excluding carboxylic acids is 1. The molecule has 1 amide bonds. The van der Waals surface area contributed by atoms with Gasteiger partial charge in [0.1, 0.15) is 12.7 Å². The van der Waals surface area contributed by atoms with Crippen molar-refractivity contribution in [2.24, 2.45) is 0 Å².